The van der Waals surface area contributed by atoms with Gasteiger partial charge in [0.15, 0.2) is 0 Å². The summed E-state index contributed by atoms with van der Waals surface area (Å²) in [5.74, 6) is 1.20. The van der Waals surface area contributed by atoms with Crippen LogP contribution in [0.3, 0.4) is 0 Å². The number of nitrogens with zero attached hydrogens (tertiary/aromatic N) is 1. The van der Waals surface area contributed by atoms with Gasteiger partial charge in [0, 0.05) is 28.2 Å². The number of carbonyl (C=O) groups is 2. The quantitative estimate of drug-likeness (QED) is 0.326. The SMILES string of the molecule is CC(=O)CCCCC1SCC2C1NC(=O)N2c1c2ccccc2cc2ccccc12. The van der Waals surface area contributed by atoms with Crippen molar-refractivity contribution in [2.45, 2.75) is 49.9 Å². The molecule has 0 aliphatic carbocycles. The number of hydrogen-bond donors (Lipinski definition) is 1. The lowest BCUT2D eigenvalue weighted by atomic mass is 9.98. The van der Waals surface area contributed by atoms with Crippen molar-refractivity contribution in [2.75, 3.05) is 10.7 Å². The summed E-state index contributed by atoms with van der Waals surface area (Å²) < 4.78 is 0. The fourth-order valence-electron chi connectivity index (χ4n) is 4.96. The van der Waals surface area contributed by atoms with Crippen molar-refractivity contribution in [1.82, 2.24) is 5.32 Å². The average molecular weight is 419 g/mol. The van der Waals surface area contributed by atoms with Gasteiger partial charge in [-0.05, 0) is 36.6 Å². The number of ketones is 1. The lowest BCUT2D eigenvalue weighted by Crippen LogP contribution is -2.38. The fraction of sp³-hybridized carbons (Fsp3) is 0.360. The Bertz CT molecular complexity index is 1070. The Morgan fingerprint density at radius 2 is 1.73 bits per heavy atom. The Hall–Kier alpha value is -2.53. The van der Waals surface area contributed by atoms with Crippen LogP contribution in [0.4, 0.5) is 10.5 Å². The molecular weight excluding hydrogens is 392 g/mol. The molecule has 3 atom stereocenters. The van der Waals surface area contributed by atoms with Crippen LogP contribution in [-0.2, 0) is 4.79 Å². The van der Waals surface area contributed by atoms with Crippen LogP contribution in [0.25, 0.3) is 21.5 Å². The summed E-state index contributed by atoms with van der Waals surface area (Å²) >= 11 is 1.96. The highest BCUT2D eigenvalue weighted by atomic mass is 32.2. The van der Waals surface area contributed by atoms with E-state index in [0.29, 0.717) is 11.7 Å². The number of benzene rings is 3. The maximum Gasteiger partial charge on any atom is 0.322 e. The van der Waals surface area contributed by atoms with Crippen LogP contribution < -0.4 is 10.2 Å². The molecule has 2 aliphatic heterocycles. The molecule has 2 fully saturated rings. The second-order valence-electron chi connectivity index (χ2n) is 8.40. The first-order chi connectivity index (χ1) is 14.6. The molecule has 5 heteroatoms. The number of unbranched alkanes of at least 4 members (excludes halogenated alkanes) is 1. The number of carbonyl (C=O) groups excluding carboxylic acids is 2. The Morgan fingerprint density at radius 3 is 2.40 bits per heavy atom. The smallest absolute Gasteiger partial charge is 0.322 e. The lowest BCUT2D eigenvalue weighted by Gasteiger charge is -2.25. The van der Waals surface area contributed by atoms with Gasteiger partial charge in [-0.3, -0.25) is 4.90 Å². The highest BCUT2D eigenvalue weighted by Gasteiger charge is 2.49. The molecule has 2 amide bonds. The number of rotatable bonds is 6. The molecule has 3 unspecified atom stereocenters. The van der Waals surface area contributed by atoms with Crippen molar-refractivity contribution in [2.24, 2.45) is 0 Å². The first-order valence-corrected chi connectivity index (χ1v) is 11.8. The molecule has 3 aromatic rings. The number of hydrogen-bond acceptors (Lipinski definition) is 3. The van der Waals surface area contributed by atoms with E-state index in [0.717, 1.165) is 52.2 Å². The molecular formula is C25H26N2O2S. The van der Waals surface area contributed by atoms with Crippen molar-refractivity contribution >= 4 is 50.8 Å². The van der Waals surface area contributed by atoms with E-state index in [2.05, 4.69) is 47.8 Å². The van der Waals surface area contributed by atoms with Crippen LogP contribution in [-0.4, -0.2) is 34.9 Å². The predicted molar refractivity (Wildman–Crippen MR) is 125 cm³/mol. The minimum Gasteiger partial charge on any atom is -0.332 e. The minimum absolute atomic E-state index is 0.0144. The Kier molecular flexibility index (Phi) is 5.15. The second-order valence-corrected chi connectivity index (χ2v) is 9.67. The van der Waals surface area contributed by atoms with Crippen molar-refractivity contribution in [3.05, 3.63) is 54.6 Å². The molecule has 154 valence electrons. The number of nitrogens with one attached hydrogen (secondary N) is 1. The first-order valence-electron chi connectivity index (χ1n) is 10.7. The van der Waals surface area contributed by atoms with Crippen molar-refractivity contribution in [3.8, 4) is 0 Å². The summed E-state index contributed by atoms with van der Waals surface area (Å²) in [6, 6.07) is 19.2. The van der Waals surface area contributed by atoms with Crippen molar-refractivity contribution in [3.63, 3.8) is 0 Å². The van der Waals surface area contributed by atoms with Crippen molar-refractivity contribution < 1.29 is 9.59 Å². The van der Waals surface area contributed by atoms with E-state index in [1.807, 2.05) is 28.8 Å². The molecule has 1 N–H and O–H groups in total. The highest BCUT2D eigenvalue weighted by molar-refractivity contribution is 8.00. The monoisotopic (exact) mass is 418 g/mol. The van der Waals surface area contributed by atoms with Crippen LogP contribution >= 0.6 is 11.8 Å². The Labute approximate surface area is 181 Å². The zero-order valence-electron chi connectivity index (χ0n) is 17.1. The number of fused-ring (bicyclic) bond motifs is 3. The van der Waals surface area contributed by atoms with Gasteiger partial charge in [-0.25, -0.2) is 4.79 Å². The molecule has 2 aliphatic rings. The van der Waals surface area contributed by atoms with E-state index in [9.17, 15) is 9.59 Å². The molecule has 3 aromatic carbocycles. The second kappa shape index (κ2) is 7.95. The first kappa shape index (κ1) is 19.4. The van der Waals surface area contributed by atoms with E-state index >= 15 is 0 Å². The van der Waals surface area contributed by atoms with Gasteiger partial charge in [0.05, 0.1) is 17.8 Å². The summed E-state index contributed by atoms with van der Waals surface area (Å²) in [5, 5.41) is 8.28. The predicted octanol–water partition coefficient (Wildman–Crippen LogP) is 5.52. The topological polar surface area (TPSA) is 49.4 Å². The normalized spacial score (nSPS) is 23.2. The van der Waals surface area contributed by atoms with E-state index in [4.69, 9.17) is 0 Å². The van der Waals surface area contributed by atoms with Gasteiger partial charge in [-0.2, -0.15) is 11.8 Å². The maximum atomic E-state index is 13.2. The molecule has 0 saturated carbocycles. The summed E-state index contributed by atoms with van der Waals surface area (Å²) in [7, 11) is 0. The van der Waals surface area contributed by atoms with Crippen molar-refractivity contribution in [1.29, 1.82) is 0 Å². The zero-order valence-corrected chi connectivity index (χ0v) is 18.0. The number of thioether (sulfide) groups is 1. The number of Topliss-reactive ketones (excluding diaryl/α,β-unsaturated/α-hetero) is 1. The van der Waals surface area contributed by atoms with Crippen LogP contribution in [0.15, 0.2) is 54.6 Å². The Balaban J connectivity index is 1.49. The standard InChI is InChI=1S/C25H26N2O2S/c1-16(28)8-2-7-13-22-23-21(15-30-22)27(25(29)26-23)24-19-11-5-3-9-17(19)14-18-10-4-6-12-20(18)24/h3-6,9-12,14,21-23H,2,7-8,13,15H2,1H3,(H,26,29). The van der Waals surface area contributed by atoms with E-state index < -0.39 is 0 Å². The van der Waals surface area contributed by atoms with Gasteiger partial charge in [-0.15, -0.1) is 0 Å². The number of urea groups is 1. The Morgan fingerprint density at radius 1 is 1.07 bits per heavy atom. The molecule has 5 rings (SSSR count). The molecule has 0 radical (unpaired) electrons. The summed E-state index contributed by atoms with van der Waals surface area (Å²) in [6.45, 7) is 1.66. The van der Waals surface area contributed by atoms with Crippen LogP contribution in [0.5, 0.6) is 0 Å². The number of anilines is 1. The molecule has 0 bridgehead atoms. The van der Waals surface area contributed by atoms with E-state index in [-0.39, 0.29) is 23.9 Å². The van der Waals surface area contributed by atoms with Gasteiger partial charge in [-0.1, -0.05) is 55.0 Å². The van der Waals surface area contributed by atoms with Gasteiger partial charge in [0.2, 0.25) is 0 Å². The van der Waals surface area contributed by atoms with Gasteiger partial charge in [0.25, 0.3) is 0 Å². The average Bonchev–Trinajstić information content (AvgIpc) is 3.27. The maximum absolute atomic E-state index is 13.2. The largest absolute Gasteiger partial charge is 0.332 e. The van der Waals surface area contributed by atoms with Crippen LogP contribution in [0.2, 0.25) is 0 Å². The third-order valence-electron chi connectivity index (χ3n) is 6.39. The van der Waals surface area contributed by atoms with Crippen LogP contribution in [0, 0.1) is 0 Å². The minimum atomic E-state index is 0.0144. The molecule has 0 aromatic heterocycles. The lowest BCUT2D eigenvalue weighted by molar-refractivity contribution is -0.117. The molecule has 0 spiro atoms. The zero-order chi connectivity index (χ0) is 20.7. The summed E-state index contributed by atoms with van der Waals surface area (Å²) in [4.78, 5) is 26.4. The van der Waals surface area contributed by atoms with Gasteiger partial charge < -0.3 is 10.1 Å². The van der Waals surface area contributed by atoms with E-state index in [1.165, 1.54) is 0 Å². The number of amides is 2. The highest BCUT2D eigenvalue weighted by Crippen LogP contribution is 2.43. The molecule has 2 saturated heterocycles. The third kappa shape index (κ3) is 3.35. The molecule has 4 nitrogen and oxygen atoms in total. The van der Waals surface area contributed by atoms with Gasteiger partial charge >= 0.3 is 6.03 Å². The van der Waals surface area contributed by atoms with E-state index in [1.54, 1.807) is 6.92 Å². The van der Waals surface area contributed by atoms with Crippen LogP contribution in [0.1, 0.15) is 32.6 Å². The summed E-state index contributed by atoms with van der Waals surface area (Å²) in [5.41, 5.74) is 1.03. The fourth-order valence-corrected chi connectivity index (χ4v) is 6.55. The summed E-state index contributed by atoms with van der Waals surface area (Å²) in [6.07, 6.45) is 3.68. The third-order valence-corrected chi connectivity index (χ3v) is 7.88. The molecule has 2 heterocycles. The molecule has 30 heavy (non-hydrogen) atoms. The van der Waals surface area contributed by atoms with Gasteiger partial charge in [0.1, 0.15) is 5.78 Å².